The molecule has 9 heteroatoms. The summed E-state index contributed by atoms with van der Waals surface area (Å²) in [4.78, 5) is 52.6. The van der Waals surface area contributed by atoms with Crippen LogP contribution in [-0.2, 0) is 33.3 Å². The van der Waals surface area contributed by atoms with Gasteiger partial charge in [-0.1, -0.05) is 30.3 Å². The van der Waals surface area contributed by atoms with Crippen LogP contribution in [0.15, 0.2) is 71.8 Å². The maximum Gasteiger partial charge on any atom is 0.343 e. The minimum absolute atomic E-state index is 0.0664. The molecular formula is C24H17NO8. The molecule has 3 aliphatic rings. The number of benzene rings is 2. The lowest BCUT2D eigenvalue weighted by Gasteiger charge is -2.37. The van der Waals surface area contributed by atoms with E-state index in [1.54, 1.807) is 54.6 Å². The maximum absolute atomic E-state index is 12.8. The van der Waals surface area contributed by atoms with Crippen LogP contribution in [0, 0.1) is 0 Å². The molecule has 0 amide bonds. The number of rotatable bonds is 4. The van der Waals surface area contributed by atoms with Crippen molar-refractivity contribution in [2.75, 3.05) is 19.1 Å². The van der Waals surface area contributed by atoms with E-state index in [0.717, 1.165) is 14.2 Å². The fourth-order valence-corrected chi connectivity index (χ4v) is 4.44. The van der Waals surface area contributed by atoms with Gasteiger partial charge in [0.2, 0.25) is 5.72 Å². The molecule has 9 nitrogen and oxygen atoms in total. The van der Waals surface area contributed by atoms with Crippen molar-refractivity contribution >= 4 is 35.3 Å². The highest BCUT2D eigenvalue weighted by Crippen LogP contribution is 2.55. The Labute approximate surface area is 187 Å². The standard InChI is InChI=1S/C24H17NO8/c1-30-21(27)17-18(22(28)31-2)24-12-16(32-20(26)13-8-4-3-5-9-13)14-10-6-7-11-15(14)25(24)19(17)23(29)33-24/h3-12,19H,1-2H3/t19-,24-/m0/s1. The number of esters is 4. The van der Waals surface area contributed by atoms with Crippen molar-refractivity contribution in [3.05, 3.63) is 82.9 Å². The molecule has 0 radical (unpaired) electrons. The van der Waals surface area contributed by atoms with E-state index < -0.39 is 35.6 Å². The number of anilines is 1. The largest absolute Gasteiger partial charge is 0.466 e. The van der Waals surface area contributed by atoms with E-state index in [9.17, 15) is 19.2 Å². The van der Waals surface area contributed by atoms with Crippen LogP contribution in [-0.4, -0.2) is 49.9 Å². The quantitative estimate of drug-likeness (QED) is 0.513. The topological polar surface area (TPSA) is 108 Å². The van der Waals surface area contributed by atoms with Crippen LogP contribution in [0.3, 0.4) is 0 Å². The molecule has 2 aromatic rings. The summed E-state index contributed by atoms with van der Waals surface area (Å²) in [5, 5.41) is 0. The summed E-state index contributed by atoms with van der Waals surface area (Å²) in [6, 6.07) is 13.9. The molecule has 3 aliphatic heterocycles. The van der Waals surface area contributed by atoms with E-state index in [1.807, 2.05) is 0 Å². The highest BCUT2D eigenvalue weighted by Gasteiger charge is 2.69. The number of hydrogen-bond acceptors (Lipinski definition) is 9. The van der Waals surface area contributed by atoms with Gasteiger partial charge < -0.3 is 23.8 Å². The summed E-state index contributed by atoms with van der Waals surface area (Å²) >= 11 is 0. The molecule has 2 bridgehead atoms. The number of nitrogens with zero attached hydrogens (tertiary/aromatic N) is 1. The van der Waals surface area contributed by atoms with Crippen LogP contribution in [0.4, 0.5) is 5.69 Å². The van der Waals surface area contributed by atoms with Gasteiger partial charge in [-0.3, -0.25) is 0 Å². The summed E-state index contributed by atoms with van der Waals surface area (Å²) in [5.41, 5.74) is -0.990. The molecule has 0 spiro atoms. The zero-order valence-corrected chi connectivity index (χ0v) is 17.6. The lowest BCUT2D eigenvalue weighted by molar-refractivity contribution is -0.150. The lowest BCUT2D eigenvalue weighted by Crippen LogP contribution is -2.48. The molecule has 2 atom stereocenters. The highest BCUT2D eigenvalue weighted by molar-refractivity contribution is 6.15. The number of carbonyl (C=O) groups excluding carboxylic acids is 4. The summed E-state index contributed by atoms with van der Waals surface area (Å²) in [7, 11) is 2.30. The Morgan fingerprint density at radius 3 is 2.27 bits per heavy atom. The van der Waals surface area contributed by atoms with Gasteiger partial charge in [0.15, 0.2) is 6.04 Å². The van der Waals surface area contributed by atoms with Crippen molar-refractivity contribution in [2.45, 2.75) is 11.8 Å². The first kappa shape index (κ1) is 20.5. The van der Waals surface area contributed by atoms with E-state index >= 15 is 0 Å². The molecule has 33 heavy (non-hydrogen) atoms. The van der Waals surface area contributed by atoms with Crippen LogP contribution >= 0.6 is 0 Å². The van der Waals surface area contributed by atoms with Crippen molar-refractivity contribution in [2.24, 2.45) is 0 Å². The second-order valence-electron chi connectivity index (χ2n) is 7.44. The van der Waals surface area contributed by atoms with Gasteiger partial charge >= 0.3 is 23.9 Å². The Balaban J connectivity index is 1.72. The van der Waals surface area contributed by atoms with E-state index in [-0.39, 0.29) is 16.9 Å². The predicted molar refractivity (Wildman–Crippen MR) is 112 cm³/mol. The van der Waals surface area contributed by atoms with Crippen molar-refractivity contribution in [3.63, 3.8) is 0 Å². The van der Waals surface area contributed by atoms with Gasteiger partial charge in [-0.2, -0.15) is 0 Å². The Hall–Kier alpha value is -4.40. The Kier molecular flexibility index (Phi) is 4.56. The Bertz CT molecular complexity index is 1280. The number of fused-ring (bicyclic) bond motifs is 1. The first-order chi connectivity index (χ1) is 15.9. The number of para-hydroxylation sites is 1. The maximum atomic E-state index is 12.8. The molecule has 0 unspecified atom stereocenters. The van der Waals surface area contributed by atoms with Crippen molar-refractivity contribution < 1.29 is 38.1 Å². The molecular weight excluding hydrogens is 430 g/mol. The third kappa shape index (κ3) is 2.78. The number of carbonyl (C=O) groups is 4. The van der Waals surface area contributed by atoms with Crippen LogP contribution in [0.1, 0.15) is 15.9 Å². The smallest absolute Gasteiger partial charge is 0.343 e. The van der Waals surface area contributed by atoms with Gasteiger partial charge in [0, 0.05) is 11.6 Å². The zero-order valence-electron chi connectivity index (χ0n) is 17.6. The molecule has 3 heterocycles. The number of hydrogen-bond donors (Lipinski definition) is 0. The Morgan fingerprint density at radius 1 is 0.909 bits per heavy atom. The van der Waals surface area contributed by atoms with Crippen LogP contribution < -0.4 is 4.90 Å². The summed E-state index contributed by atoms with van der Waals surface area (Å²) in [6.45, 7) is 0. The van der Waals surface area contributed by atoms with Crippen LogP contribution in [0.2, 0.25) is 0 Å². The normalized spacial score (nSPS) is 22.1. The van der Waals surface area contributed by atoms with Gasteiger partial charge in [-0.05, 0) is 24.3 Å². The molecule has 0 saturated carbocycles. The number of methoxy groups -OCH3 is 2. The zero-order chi connectivity index (χ0) is 23.3. The van der Waals surface area contributed by atoms with E-state index in [2.05, 4.69) is 0 Å². The third-order valence-corrected chi connectivity index (χ3v) is 5.76. The fourth-order valence-electron chi connectivity index (χ4n) is 4.44. The van der Waals surface area contributed by atoms with E-state index in [0.29, 0.717) is 16.8 Å². The first-order valence-corrected chi connectivity index (χ1v) is 9.96. The minimum atomic E-state index is -1.83. The summed E-state index contributed by atoms with van der Waals surface area (Å²) in [5.74, 6) is -3.06. The third-order valence-electron chi connectivity index (χ3n) is 5.76. The molecule has 0 aliphatic carbocycles. The monoisotopic (exact) mass is 447 g/mol. The summed E-state index contributed by atoms with van der Waals surface area (Å²) < 4.78 is 21.1. The SMILES string of the molecule is COC(=O)C1=C(C(=O)OC)[C@@]23C=C(OC(=O)c4ccccc4)c4ccccc4N2[C@@H]1C(=O)O3. The van der Waals surface area contributed by atoms with Crippen LogP contribution in [0.5, 0.6) is 0 Å². The lowest BCUT2D eigenvalue weighted by atomic mass is 9.93. The van der Waals surface area contributed by atoms with Crippen LogP contribution in [0.25, 0.3) is 5.76 Å². The molecule has 1 saturated heterocycles. The van der Waals surface area contributed by atoms with Gasteiger partial charge in [0.25, 0.3) is 0 Å². The van der Waals surface area contributed by atoms with Crippen molar-refractivity contribution in [1.82, 2.24) is 0 Å². The molecule has 0 N–H and O–H groups in total. The molecule has 166 valence electrons. The predicted octanol–water partition coefficient (Wildman–Crippen LogP) is 1.98. The van der Waals surface area contributed by atoms with Gasteiger partial charge in [-0.15, -0.1) is 0 Å². The van der Waals surface area contributed by atoms with E-state index in [4.69, 9.17) is 18.9 Å². The molecule has 0 aromatic heterocycles. The highest BCUT2D eigenvalue weighted by atomic mass is 16.6. The Morgan fingerprint density at radius 2 is 1.58 bits per heavy atom. The first-order valence-electron chi connectivity index (χ1n) is 9.96. The second kappa shape index (κ2) is 7.33. The fraction of sp³-hybridized carbons (Fsp3) is 0.167. The minimum Gasteiger partial charge on any atom is -0.466 e. The molecule has 5 rings (SSSR count). The van der Waals surface area contributed by atoms with E-state index in [1.165, 1.54) is 11.0 Å². The van der Waals surface area contributed by atoms with Gasteiger partial charge in [0.1, 0.15) is 11.3 Å². The molecule has 1 fully saturated rings. The summed E-state index contributed by atoms with van der Waals surface area (Å²) in [6.07, 6.45) is 1.34. The van der Waals surface area contributed by atoms with Gasteiger partial charge in [0.05, 0.1) is 31.0 Å². The van der Waals surface area contributed by atoms with Crippen molar-refractivity contribution in [1.29, 1.82) is 0 Å². The van der Waals surface area contributed by atoms with Crippen molar-refractivity contribution in [3.8, 4) is 0 Å². The number of ether oxygens (including phenoxy) is 4. The average molecular weight is 447 g/mol. The van der Waals surface area contributed by atoms with Gasteiger partial charge in [-0.25, -0.2) is 19.2 Å². The second-order valence-corrected chi connectivity index (χ2v) is 7.44. The molecule has 2 aromatic carbocycles. The average Bonchev–Trinajstić information content (AvgIpc) is 3.30.